The summed E-state index contributed by atoms with van der Waals surface area (Å²) in [5, 5.41) is 12.1. The van der Waals surface area contributed by atoms with Gasteiger partial charge in [0.1, 0.15) is 17.9 Å². The van der Waals surface area contributed by atoms with Crippen molar-refractivity contribution in [1.29, 1.82) is 0 Å². The van der Waals surface area contributed by atoms with Crippen LogP contribution in [-0.2, 0) is 22.6 Å². The predicted octanol–water partition coefficient (Wildman–Crippen LogP) is 5.22. The number of phenolic OH excluding ortho intramolecular Hbond substituents is 1. The number of anilines is 2. The third-order valence-electron chi connectivity index (χ3n) is 4.18. The molecule has 0 bridgehead atoms. The first kappa shape index (κ1) is 21.0. The van der Waals surface area contributed by atoms with Gasteiger partial charge in [0.15, 0.2) is 5.13 Å². The van der Waals surface area contributed by atoms with Gasteiger partial charge in [-0.25, -0.2) is 9.78 Å². The summed E-state index contributed by atoms with van der Waals surface area (Å²) in [4.78, 5) is 30.4. The minimum absolute atomic E-state index is 0.0659. The minimum Gasteiger partial charge on any atom is -0.507 e. The number of esters is 1. The van der Waals surface area contributed by atoms with Crippen LogP contribution < -0.4 is 4.90 Å². The van der Waals surface area contributed by atoms with E-state index in [1.54, 1.807) is 11.4 Å². The second-order valence-electron chi connectivity index (χ2n) is 6.23. The van der Waals surface area contributed by atoms with Crippen LogP contribution in [0, 0.1) is 0 Å². The van der Waals surface area contributed by atoms with Gasteiger partial charge in [-0.1, -0.05) is 35.0 Å². The lowest BCUT2D eigenvalue weighted by Gasteiger charge is -2.18. The van der Waals surface area contributed by atoms with Crippen molar-refractivity contribution in [2.75, 3.05) is 4.90 Å². The second-order valence-corrected chi connectivity index (χ2v) is 7.99. The number of ether oxygens (including phenoxy) is 1. The smallest absolute Gasteiger partial charge is 0.342 e. The van der Waals surface area contributed by atoms with E-state index in [9.17, 15) is 14.7 Å². The quantitative estimate of drug-likeness (QED) is 0.495. The predicted molar refractivity (Wildman–Crippen MR) is 116 cm³/mol. The molecule has 3 aromatic rings. The lowest BCUT2D eigenvalue weighted by Crippen LogP contribution is -2.22. The molecule has 8 heteroatoms. The van der Waals surface area contributed by atoms with Gasteiger partial charge in [-0.15, -0.1) is 11.3 Å². The van der Waals surface area contributed by atoms with E-state index >= 15 is 0 Å². The van der Waals surface area contributed by atoms with Gasteiger partial charge in [0.2, 0.25) is 5.91 Å². The molecule has 0 unspecified atom stereocenters. The van der Waals surface area contributed by atoms with Crippen molar-refractivity contribution in [2.45, 2.75) is 26.9 Å². The molecule has 0 saturated carbocycles. The molecule has 3 rings (SSSR count). The summed E-state index contributed by atoms with van der Waals surface area (Å²) in [5.41, 5.74) is 2.49. The molecule has 0 aliphatic carbocycles. The molecule has 6 nitrogen and oxygen atoms in total. The van der Waals surface area contributed by atoms with Gasteiger partial charge in [-0.2, -0.15) is 0 Å². The fraction of sp³-hybridized carbons (Fsp3) is 0.190. The molecule has 1 N–H and O–H groups in total. The molecule has 2 aromatic carbocycles. The fourth-order valence-corrected chi connectivity index (χ4v) is 3.89. The van der Waals surface area contributed by atoms with Crippen molar-refractivity contribution >= 4 is 50.0 Å². The van der Waals surface area contributed by atoms with Crippen LogP contribution in [0.4, 0.5) is 10.8 Å². The molecular weight excluding hydrogens is 456 g/mol. The maximum Gasteiger partial charge on any atom is 0.342 e. The van der Waals surface area contributed by atoms with Gasteiger partial charge in [0.25, 0.3) is 0 Å². The average Bonchev–Trinajstić information content (AvgIpc) is 3.16. The number of carbonyl (C=O) groups is 2. The van der Waals surface area contributed by atoms with E-state index in [1.165, 1.54) is 40.9 Å². The van der Waals surface area contributed by atoms with E-state index in [1.807, 2.05) is 24.3 Å². The lowest BCUT2D eigenvalue weighted by atomic mass is 10.1. The molecule has 29 heavy (non-hydrogen) atoms. The minimum atomic E-state index is -0.656. The molecule has 0 spiro atoms. The highest BCUT2D eigenvalue weighted by Gasteiger charge is 2.19. The normalized spacial score (nSPS) is 10.6. The topological polar surface area (TPSA) is 79.7 Å². The van der Waals surface area contributed by atoms with Gasteiger partial charge >= 0.3 is 5.97 Å². The molecule has 150 valence electrons. The zero-order valence-corrected chi connectivity index (χ0v) is 18.3. The molecule has 0 atom stereocenters. The van der Waals surface area contributed by atoms with Crippen LogP contribution in [0.1, 0.15) is 35.5 Å². The molecule has 0 fully saturated rings. The molecule has 0 aliphatic rings. The van der Waals surface area contributed by atoms with Crippen molar-refractivity contribution in [3.63, 3.8) is 0 Å². The molecular formula is C21H19BrN2O4S. The van der Waals surface area contributed by atoms with E-state index in [2.05, 4.69) is 27.8 Å². The summed E-state index contributed by atoms with van der Waals surface area (Å²) in [5.74, 6) is -0.974. The number of hydrogen-bond donors (Lipinski definition) is 1. The monoisotopic (exact) mass is 474 g/mol. The lowest BCUT2D eigenvalue weighted by molar-refractivity contribution is -0.115. The second kappa shape index (κ2) is 9.19. The number of phenols is 1. The molecule has 1 amide bonds. The largest absolute Gasteiger partial charge is 0.507 e. The standard InChI is InChI=1S/C21H19BrN2O4S/c1-3-14-4-7-17(8-5-14)24(13(2)25)21-23-16(12-29-21)11-28-20(27)18-10-15(22)6-9-19(18)26/h4-10,12,26H,3,11H2,1-2H3. The maximum atomic E-state index is 12.2. The highest BCUT2D eigenvalue weighted by atomic mass is 79.9. The Kier molecular flexibility index (Phi) is 6.66. The van der Waals surface area contributed by atoms with Crippen molar-refractivity contribution in [3.05, 3.63) is 69.1 Å². The van der Waals surface area contributed by atoms with Gasteiger partial charge in [0, 0.05) is 16.8 Å². The number of amides is 1. The Labute approximate surface area is 180 Å². The van der Waals surface area contributed by atoms with E-state index in [0.717, 1.165) is 12.1 Å². The molecule has 1 aromatic heterocycles. The maximum absolute atomic E-state index is 12.2. The highest BCUT2D eigenvalue weighted by Crippen LogP contribution is 2.30. The van der Waals surface area contributed by atoms with Crippen LogP contribution in [-0.4, -0.2) is 22.0 Å². The SMILES string of the molecule is CCc1ccc(N(C(C)=O)c2nc(COC(=O)c3cc(Br)ccc3O)cs2)cc1. The van der Waals surface area contributed by atoms with Crippen LogP contribution in [0.15, 0.2) is 52.3 Å². The highest BCUT2D eigenvalue weighted by molar-refractivity contribution is 9.10. The fourth-order valence-electron chi connectivity index (χ4n) is 2.66. The Morgan fingerprint density at radius 3 is 2.59 bits per heavy atom. The van der Waals surface area contributed by atoms with E-state index in [-0.39, 0.29) is 23.8 Å². The first-order valence-corrected chi connectivity index (χ1v) is 10.6. The first-order valence-electron chi connectivity index (χ1n) is 8.88. The summed E-state index contributed by atoms with van der Waals surface area (Å²) in [6.45, 7) is 3.48. The third-order valence-corrected chi connectivity index (χ3v) is 5.55. The molecule has 0 saturated heterocycles. The van der Waals surface area contributed by atoms with E-state index in [4.69, 9.17) is 4.74 Å². The van der Waals surface area contributed by atoms with Gasteiger partial charge < -0.3 is 9.84 Å². The zero-order valence-electron chi connectivity index (χ0n) is 15.9. The Morgan fingerprint density at radius 2 is 1.93 bits per heavy atom. The Morgan fingerprint density at radius 1 is 1.21 bits per heavy atom. The molecule has 0 aliphatic heterocycles. The summed E-state index contributed by atoms with van der Waals surface area (Å²) >= 11 is 4.55. The number of halogens is 1. The first-order chi connectivity index (χ1) is 13.9. The van der Waals surface area contributed by atoms with Gasteiger partial charge in [-0.3, -0.25) is 9.69 Å². The van der Waals surface area contributed by atoms with Crippen molar-refractivity contribution in [2.24, 2.45) is 0 Å². The van der Waals surface area contributed by atoms with Crippen LogP contribution in [0.2, 0.25) is 0 Å². The van der Waals surface area contributed by atoms with Crippen LogP contribution >= 0.6 is 27.3 Å². The van der Waals surface area contributed by atoms with Crippen molar-refractivity contribution in [3.8, 4) is 5.75 Å². The summed E-state index contributed by atoms with van der Waals surface area (Å²) in [7, 11) is 0. The number of nitrogens with zero attached hydrogens (tertiary/aromatic N) is 2. The number of rotatable bonds is 6. The Hall–Kier alpha value is -2.71. The summed E-state index contributed by atoms with van der Waals surface area (Å²) in [6.07, 6.45) is 0.917. The van der Waals surface area contributed by atoms with Gasteiger partial charge in [0.05, 0.1) is 11.4 Å². The van der Waals surface area contributed by atoms with Crippen LogP contribution in [0.5, 0.6) is 5.75 Å². The number of aromatic hydroxyl groups is 1. The Balaban J connectivity index is 1.73. The van der Waals surface area contributed by atoms with Crippen LogP contribution in [0.3, 0.4) is 0 Å². The number of carbonyl (C=O) groups excluding carboxylic acids is 2. The molecule has 0 radical (unpaired) electrons. The van der Waals surface area contributed by atoms with E-state index in [0.29, 0.717) is 15.3 Å². The third kappa shape index (κ3) is 5.02. The van der Waals surface area contributed by atoms with Crippen molar-refractivity contribution in [1.82, 2.24) is 4.98 Å². The number of aromatic nitrogens is 1. The van der Waals surface area contributed by atoms with E-state index < -0.39 is 5.97 Å². The number of benzene rings is 2. The summed E-state index contributed by atoms with van der Waals surface area (Å²) < 4.78 is 5.92. The average molecular weight is 475 g/mol. The zero-order chi connectivity index (χ0) is 21.0. The van der Waals surface area contributed by atoms with Gasteiger partial charge in [-0.05, 0) is 42.3 Å². The number of aryl methyl sites for hydroxylation is 1. The van der Waals surface area contributed by atoms with Crippen LogP contribution in [0.25, 0.3) is 0 Å². The molecule has 1 heterocycles. The Bertz CT molecular complexity index is 1030. The number of hydrogen-bond acceptors (Lipinski definition) is 6. The summed E-state index contributed by atoms with van der Waals surface area (Å²) in [6, 6.07) is 12.3. The van der Waals surface area contributed by atoms with Crippen molar-refractivity contribution < 1.29 is 19.4 Å². The number of thiazole rings is 1.